The van der Waals surface area contributed by atoms with Gasteiger partial charge in [0.25, 0.3) is 5.91 Å². The predicted molar refractivity (Wildman–Crippen MR) is 168 cm³/mol. The number of thiazole rings is 1. The summed E-state index contributed by atoms with van der Waals surface area (Å²) in [5.41, 5.74) is 15.3. The number of guanidine groups is 1. The van der Waals surface area contributed by atoms with Crippen LogP contribution in [0.3, 0.4) is 0 Å². The van der Waals surface area contributed by atoms with E-state index in [-0.39, 0.29) is 27.2 Å². The molecule has 4 aromatic rings. The molecule has 0 atom stereocenters. The number of urea groups is 1. The number of nitrogens with one attached hydrogen (secondary N) is 2. The predicted octanol–water partition coefficient (Wildman–Crippen LogP) is 8.76. The highest BCUT2D eigenvalue weighted by Gasteiger charge is 2.33. The summed E-state index contributed by atoms with van der Waals surface area (Å²) in [5, 5.41) is 5.79. The van der Waals surface area contributed by atoms with Crippen LogP contribution in [0.5, 0.6) is 0 Å². The van der Waals surface area contributed by atoms with Crippen LogP contribution in [0, 0.1) is 5.53 Å². The van der Waals surface area contributed by atoms with Crippen LogP contribution in [-0.2, 0) is 12.7 Å². The minimum absolute atomic E-state index is 0.102. The molecule has 1 aliphatic rings. The number of anilines is 2. The quantitative estimate of drug-likeness (QED) is 0.106. The van der Waals surface area contributed by atoms with E-state index in [1.807, 2.05) is 24.3 Å². The maximum absolute atomic E-state index is 13.7. The van der Waals surface area contributed by atoms with Gasteiger partial charge in [-0.1, -0.05) is 57.6 Å². The number of carbonyl (C=O) groups is 2. The molecule has 0 unspecified atom stereocenters. The van der Waals surface area contributed by atoms with Crippen LogP contribution in [0.4, 0.5) is 28.8 Å². The summed E-state index contributed by atoms with van der Waals surface area (Å²) in [7, 11) is 0. The van der Waals surface area contributed by atoms with Crippen molar-refractivity contribution in [3.8, 4) is 0 Å². The summed E-state index contributed by atoms with van der Waals surface area (Å²) < 4.78 is 40.6. The lowest BCUT2D eigenvalue weighted by molar-refractivity contribution is -0.138. The number of rotatable bonds is 6. The van der Waals surface area contributed by atoms with Crippen LogP contribution in [-0.4, -0.2) is 22.9 Å². The van der Waals surface area contributed by atoms with Crippen LogP contribution < -0.4 is 16.0 Å². The zero-order valence-corrected chi connectivity index (χ0v) is 25.4. The van der Waals surface area contributed by atoms with Gasteiger partial charge < -0.3 is 5.73 Å². The third kappa shape index (κ3) is 7.19. The first-order valence-electron chi connectivity index (χ1n) is 13.4. The van der Waals surface area contributed by atoms with Crippen LogP contribution in [0.15, 0.2) is 81.3 Å². The molecule has 226 valence electrons. The van der Waals surface area contributed by atoms with E-state index >= 15 is 0 Å². The number of halogens is 4. The average Bonchev–Trinajstić information content (AvgIpc) is 3.40. The average molecular weight is 685 g/mol. The number of amides is 3. The highest BCUT2D eigenvalue weighted by atomic mass is 79.9. The molecule has 0 saturated heterocycles. The second-order valence-electron chi connectivity index (χ2n) is 9.94. The van der Waals surface area contributed by atoms with Gasteiger partial charge in [-0.2, -0.15) is 18.2 Å². The number of aromatic nitrogens is 1. The van der Waals surface area contributed by atoms with Crippen molar-refractivity contribution in [2.45, 2.75) is 38.4 Å². The molecule has 4 N–H and O–H groups in total. The van der Waals surface area contributed by atoms with Crippen molar-refractivity contribution in [2.75, 3.05) is 10.2 Å². The van der Waals surface area contributed by atoms with Gasteiger partial charge in [-0.25, -0.2) is 15.3 Å². The van der Waals surface area contributed by atoms with Gasteiger partial charge in [0.05, 0.1) is 22.3 Å². The highest BCUT2D eigenvalue weighted by Crippen LogP contribution is 2.39. The van der Waals surface area contributed by atoms with Gasteiger partial charge in [-0.15, -0.1) is 5.11 Å². The number of alkyl halides is 3. The fourth-order valence-corrected chi connectivity index (χ4v) is 6.34. The fourth-order valence-electron chi connectivity index (χ4n) is 4.74. The SMILES string of the molecule is N=NC(N)=NC(=O)c1ccc(CN(C(=O)Nc2nc3cc(C(F)(F)F)c(Br)cc3s2)c2ccc(C3=CCCCC3)cc2)cc1. The Morgan fingerprint density at radius 3 is 2.45 bits per heavy atom. The van der Waals surface area contributed by atoms with E-state index < -0.39 is 29.6 Å². The molecule has 0 aliphatic heterocycles. The number of hydrogen-bond acceptors (Lipinski definition) is 5. The minimum Gasteiger partial charge on any atom is -0.366 e. The number of allylic oxidation sites excluding steroid dienone is 2. The van der Waals surface area contributed by atoms with E-state index in [1.54, 1.807) is 12.1 Å². The summed E-state index contributed by atoms with van der Waals surface area (Å²) in [6.07, 6.45) is 1.98. The van der Waals surface area contributed by atoms with Crippen molar-refractivity contribution in [3.63, 3.8) is 0 Å². The Morgan fingerprint density at radius 2 is 1.82 bits per heavy atom. The van der Waals surface area contributed by atoms with E-state index in [0.29, 0.717) is 16.0 Å². The molecular weight excluding hydrogens is 659 g/mol. The maximum Gasteiger partial charge on any atom is 0.417 e. The molecule has 1 heterocycles. The molecule has 0 spiro atoms. The molecule has 0 fully saturated rings. The van der Waals surface area contributed by atoms with Gasteiger partial charge in [0.15, 0.2) is 5.13 Å². The van der Waals surface area contributed by atoms with Crippen LogP contribution >= 0.6 is 27.3 Å². The highest BCUT2D eigenvalue weighted by molar-refractivity contribution is 9.10. The van der Waals surface area contributed by atoms with Crippen LogP contribution in [0.1, 0.15) is 52.7 Å². The van der Waals surface area contributed by atoms with Gasteiger partial charge in [0, 0.05) is 15.7 Å². The summed E-state index contributed by atoms with van der Waals surface area (Å²) in [4.78, 5) is 35.2. The summed E-state index contributed by atoms with van der Waals surface area (Å²) in [6, 6.07) is 15.7. The van der Waals surface area contributed by atoms with E-state index in [0.717, 1.165) is 42.2 Å². The molecule has 3 aromatic carbocycles. The molecular formula is C30H25BrF3N7O2S. The Hall–Kier alpha value is -4.43. The van der Waals surface area contributed by atoms with Gasteiger partial charge in [-0.3, -0.25) is 15.0 Å². The number of fused-ring (bicyclic) bond motifs is 1. The molecule has 0 saturated carbocycles. The van der Waals surface area contributed by atoms with Crippen molar-refractivity contribution in [1.29, 1.82) is 5.53 Å². The number of benzene rings is 3. The van der Waals surface area contributed by atoms with E-state index in [2.05, 4.69) is 42.4 Å². The lowest BCUT2D eigenvalue weighted by atomic mass is 9.93. The first-order valence-corrected chi connectivity index (χ1v) is 15.0. The largest absolute Gasteiger partial charge is 0.417 e. The van der Waals surface area contributed by atoms with Gasteiger partial charge >= 0.3 is 12.2 Å². The van der Waals surface area contributed by atoms with Gasteiger partial charge in [0.2, 0.25) is 5.96 Å². The van der Waals surface area contributed by atoms with Crippen molar-refractivity contribution >= 4 is 71.8 Å². The molecule has 44 heavy (non-hydrogen) atoms. The molecule has 1 aliphatic carbocycles. The normalized spacial score (nSPS) is 13.8. The topological polar surface area (TPSA) is 137 Å². The molecule has 9 nitrogen and oxygen atoms in total. The number of nitrogens with two attached hydrogens (primary N) is 1. The molecule has 0 bridgehead atoms. The van der Waals surface area contributed by atoms with E-state index in [4.69, 9.17) is 11.3 Å². The number of aliphatic imine (C=N–C) groups is 1. The lowest BCUT2D eigenvalue weighted by Crippen LogP contribution is -2.34. The third-order valence-electron chi connectivity index (χ3n) is 6.95. The lowest BCUT2D eigenvalue weighted by Gasteiger charge is -2.23. The monoisotopic (exact) mass is 683 g/mol. The van der Waals surface area contributed by atoms with Crippen molar-refractivity contribution in [1.82, 2.24) is 4.98 Å². The van der Waals surface area contributed by atoms with Crippen LogP contribution in [0.2, 0.25) is 0 Å². The van der Waals surface area contributed by atoms with E-state index in [9.17, 15) is 22.8 Å². The Balaban J connectivity index is 1.43. The Kier molecular flexibility index (Phi) is 9.20. The Labute approximate surface area is 262 Å². The zero-order valence-electron chi connectivity index (χ0n) is 23.0. The molecule has 1 aromatic heterocycles. The minimum atomic E-state index is -4.56. The van der Waals surface area contributed by atoms with Crippen molar-refractivity contribution in [3.05, 3.63) is 93.5 Å². The number of hydrogen-bond donors (Lipinski definition) is 3. The third-order valence-corrected chi connectivity index (χ3v) is 8.54. The summed E-state index contributed by atoms with van der Waals surface area (Å²) in [6.45, 7) is 0.102. The fraction of sp³-hybridized carbons (Fsp3) is 0.200. The van der Waals surface area contributed by atoms with Gasteiger partial charge in [0.1, 0.15) is 0 Å². The first kappa shape index (κ1) is 31.0. The van der Waals surface area contributed by atoms with Crippen molar-refractivity contribution < 1.29 is 22.8 Å². The molecule has 3 amide bonds. The summed E-state index contributed by atoms with van der Waals surface area (Å²) >= 11 is 4.04. The van der Waals surface area contributed by atoms with Crippen molar-refractivity contribution in [2.24, 2.45) is 15.8 Å². The smallest absolute Gasteiger partial charge is 0.366 e. The van der Waals surface area contributed by atoms with Gasteiger partial charge in [-0.05, 0) is 78.8 Å². The first-order chi connectivity index (χ1) is 21.0. The summed E-state index contributed by atoms with van der Waals surface area (Å²) in [5.74, 6) is -1.13. The number of nitrogens with zero attached hydrogens (tertiary/aromatic N) is 4. The molecule has 0 radical (unpaired) electrons. The second kappa shape index (κ2) is 13.1. The molecule has 14 heteroatoms. The van der Waals surface area contributed by atoms with E-state index in [1.165, 1.54) is 35.1 Å². The second-order valence-corrected chi connectivity index (χ2v) is 11.8. The maximum atomic E-state index is 13.7. The Bertz CT molecular complexity index is 1790. The zero-order chi connectivity index (χ0) is 31.4. The molecule has 5 rings (SSSR count). The Morgan fingerprint density at radius 1 is 1.09 bits per heavy atom. The van der Waals surface area contributed by atoms with Crippen LogP contribution in [0.25, 0.3) is 15.8 Å². The standard InChI is InChI=1S/C30H25BrF3N7O2S/c31-23-15-25-24(14-22(23)30(32,33)34)37-28(44-25)39-29(43)41(21-12-10-19(11-13-21)18-4-2-1-3-5-18)16-17-6-8-20(9-7-17)26(42)38-27(35)40-36/h4,6-15,36H,1-3,5,16H2,(H2,35,38,42)(H,37,39,43). The number of carbonyl (C=O) groups excluding carboxylic acids is 2.